The van der Waals surface area contributed by atoms with Gasteiger partial charge in [-0.3, -0.25) is 19.4 Å². The molecule has 2 aliphatic rings. The van der Waals surface area contributed by atoms with Crippen molar-refractivity contribution in [3.05, 3.63) is 69.6 Å². The van der Waals surface area contributed by atoms with Crippen LogP contribution in [0.2, 0.25) is 0 Å². The van der Waals surface area contributed by atoms with Gasteiger partial charge < -0.3 is 19.9 Å². The quantitative estimate of drug-likeness (QED) is 0.319. The summed E-state index contributed by atoms with van der Waals surface area (Å²) in [4.78, 5) is 49.8. The summed E-state index contributed by atoms with van der Waals surface area (Å²) in [5.74, 6) is -0.395. The van der Waals surface area contributed by atoms with Crippen LogP contribution in [-0.4, -0.2) is 65.9 Å². The number of carbonyl (C=O) groups is 3. The Morgan fingerprint density at radius 2 is 1.82 bits per heavy atom. The van der Waals surface area contributed by atoms with E-state index in [1.165, 1.54) is 17.4 Å². The van der Waals surface area contributed by atoms with Crippen LogP contribution in [0.5, 0.6) is 0 Å². The second-order valence-electron chi connectivity index (χ2n) is 13.1. The third-order valence-electron chi connectivity index (χ3n) is 8.26. The highest BCUT2D eigenvalue weighted by molar-refractivity contribution is 7.14. The van der Waals surface area contributed by atoms with Crippen LogP contribution in [0.3, 0.4) is 0 Å². The van der Waals surface area contributed by atoms with Crippen molar-refractivity contribution in [1.29, 1.82) is 0 Å². The number of nitrogens with zero attached hydrogens (tertiary/aromatic N) is 3. The van der Waals surface area contributed by atoms with Gasteiger partial charge in [-0.05, 0) is 86.2 Å². The maximum Gasteiger partial charge on any atom is 0.265 e. The van der Waals surface area contributed by atoms with E-state index in [1.807, 2.05) is 57.3 Å². The fraction of sp³-hybridized carbons (Fsp3) is 0.429. The molecule has 1 aromatic carbocycles. The Kier molecular flexibility index (Phi) is 9.09. The van der Waals surface area contributed by atoms with Gasteiger partial charge in [0.2, 0.25) is 5.91 Å². The molecule has 2 fully saturated rings. The van der Waals surface area contributed by atoms with Gasteiger partial charge in [0.15, 0.2) is 5.78 Å². The van der Waals surface area contributed by atoms with Gasteiger partial charge in [-0.15, -0.1) is 11.3 Å². The zero-order chi connectivity index (χ0) is 31.6. The van der Waals surface area contributed by atoms with Crippen molar-refractivity contribution in [2.45, 2.75) is 65.3 Å². The number of benzene rings is 1. The lowest BCUT2D eigenvalue weighted by atomic mass is 9.88. The molecule has 0 aliphatic carbocycles. The zero-order valence-corrected chi connectivity index (χ0v) is 27.3. The van der Waals surface area contributed by atoms with Crippen molar-refractivity contribution in [3.63, 3.8) is 0 Å². The van der Waals surface area contributed by atoms with E-state index < -0.39 is 5.54 Å². The Morgan fingerprint density at radius 1 is 1.07 bits per heavy atom. The number of amides is 2. The van der Waals surface area contributed by atoms with E-state index in [9.17, 15) is 14.4 Å². The highest BCUT2D eigenvalue weighted by Gasteiger charge is 2.41. The number of aromatic nitrogens is 1. The third kappa shape index (κ3) is 6.94. The van der Waals surface area contributed by atoms with Gasteiger partial charge in [0.25, 0.3) is 5.91 Å². The van der Waals surface area contributed by atoms with E-state index in [0.717, 1.165) is 53.7 Å². The first-order valence-electron chi connectivity index (χ1n) is 15.2. The number of morpholine rings is 1. The van der Waals surface area contributed by atoms with Crippen LogP contribution in [0.1, 0.15) is 73.1 Å². The molecule has 1 N–H and O–H groups in total. The average molecular weight is 615 g/mol. The topological polar surface area (TPSA) is 91.8 Å². The van der Waals surface area contributed by atoms with Gasteiger partial charge in [0.05, 0.1) is 41.2 Å². The molecule has 0 bridgehead atoms. The Hall–Kier alpha value is -3.82. The van der Waals surface area contributed by atoms with Gasteiger partial charge in [-0.2, -0.15) is 0 Å². The number of pyridine rings is 1. The van der Waals surface area contributed by atoms with Crippen LogP contribution in [0.4, 0.5) is 11.4 Å². The number of aryl methyl sites for hydroxylation is 1. The highest BCUT2D eigenvalue weighted by Crippen LogP contribution is 2.36. The molecule has 2 saturated heterocycles. The minimum atomic E-state index is -0.861. The summed E-state index contributed by atoms with van der Waals surface area (Å²) in [6.07, 6.45) is 6.20. The predicted molar refractivity (Wildman–Crippen MR) is 177 cm³/mol. The lowest BCUT2D eigenvalue weighted by Crippen LogP contribution is -2.56. The van der Waals surface area contributed by atoms with E-state index in [2.05, 4.69) is 37.1 Å². The molecule has 0 spiro atoms. The summed E-state index contributed by atoms with van der Waals surface area (Å²) in [6.45, 7) is 15.6. The monoisotopic (exact) mass is 614 g/mol. The molecule has 9 heteroatoms. The van der Waals surface area contributed by atoms with Gasteiger partial charge in [-0.1, -0.05) is 20.8 Å². The number of hydrogen-bond donors (Lipinski definition) is 1. The summed E-state index contributed by atoms with van der Waals surface area (Å²) in [5.41, 5.74) is 4.12. The number of anilines is 2. The Bertz CT molecular complexity index is 1580. The van der Waals surface area contributed by atoms with Crippen LogP contribution in [0.25, 0.3) is 17.3 Å². The van der Waals surface area contributed by atoms with E-state index in [4.69, 9.17) is 9.72 Å². The Balaban J connectivity index is 1.34. The Labute approximate surface area is 264 Å². The van der Waals surface area contributed by atoms with Crippen molar-refractivity contribution in [1.82, 2.24) is 9.88 Å². The number of hydrogen-bond acceptors (Lipinski definition) is 7. The summed E-state index contributed by atoms with van der Waals surface area (Å²) in [6, 6.07) is 11.9. The highest BCUT2D eigenvalue weighted by atomic mass is 32.1. The molecule has 232 valence electrons. The standard InChI is InChI=1S/C35H42N4O4S/c1-23-18-25(28-11-10-27(22-36-28)38-14-16-43-17-15-38)20-26(19-23)37-31(41)12-9-24-21-30(34(2,3)4)44-32(24)33(42)39-13-7-8-29(40)35(39,5)6/h9-12,18-22H,7-8,13-17H2,1-6H3,(H,37,41). The maximum absolute atomic E-state index is 13.8. The van der Waals surface area contributed by atoms with E-state index >= 15 is 0 Å². The van der Waals surface area contributed by atoms with Crippen molar-refractivity contribution >= 4 is 46.4 Å². The number of likely N-dealkylation sites (tertiary alicyclic amines) is 1. The van der Waals surface area contributed by atoms with E-state index in [-0.39, 0.29) is 23.0 Å². The normalized spacial score (nSPS) is 17.3. The first kappa shape index (κ1) is 31.6. The van der Waals surface area contributed by atoms with E-state index in [1.54, 1.807) is 11.0 Å². The largest absolute Gasteiger partial charge is 0.378 e. The Morgan fingerprint density at radius 3 is 2.50 bits per heavy atom. The molecule has 3 aromatic rings. The molecule has 0 unspecified atom stereocenters. The molecular formula is C35H42N4O4S. The van der Waals surface area contributed by atoms with Crippen molar-refractivity contribution in [2.75, 3.05) is 43.1 Å². The zero-order valence-electron chi connectivity index (χ0n) is 26.5. The van der Waals surface area contributed by atoms with Crippen molar-refractivity contribution in [3.8, 4) is 11.3 Å². The molecule has 0 saturated carbocycles. The van der Waals surface area contributed by atoms with E-state index in [0.29, 0.717) is 35.5 Å². The fourth-order valence-electron chi connectivity index (χ4n) is 5.60. The molecule has 2 amide bonds. The van der Waals surface area contributed by atoms with Crippen LogP contribution in [-0.2, 0) is 19.7 Å². The lowest BCUT2D eigenvalue weighted by Gasteiger charge is -2.40. The number of rotatable bonds is 6. The van der Waals surface area contributed by atoms with Gasteiger partial charge in [0, 0.05) is 48.3 Å². The molecule has 44 heavy (non-hydrogen) atoms. The second-order valence-corrected chi connectivity index (χ2v) is 14.2. The number of thiophene rings is 1. The van der Waals surface area contributed by atoms with Gasteiger partial charge >= 0.3 is 0 Å². The van der Waals surface area contributed by atoms with Gasteiger partial charge in [-0.25, -0.2) is 0 Å². The summed E-state index contributed by atoms with van der Waals surface area (Å²) in [7, 11) is 0. The number of piperidine rings is 1. The fourth-order valence-corrected chi connectivity index (χ4v) is 6.75. The summed E-state index contributed by atoms with van der Waals surface area (Å²) < 4.78 is 5.45. The molecule has 2 aromatic heterocycles. The minimum Gasteiger partial charge on any atom is -0.378 e. The summed E-state index contributed by atoms with van der Waals surface area (Å²) >= 11 is 1.44. The third-order valence-corrected chi connectivity index (χ3v) is 9.83. The number of ether oxygens (including phenoxy) is 1. The molecule has 0 atom stereocenters. The van der Waals surface area contributed by atoms with Crippen LogP contribution >= 0.6 is 11.3 Å². The molecular weight excluding hydrogens is 572 g/mol. The predicted octanol–water partition coefficient (Wildman–Crippen LogP) is 6.49. The number of carbonyl (C=O) groups excluding carboxylic acids is 3. The van der Waals surface area contributed by atoms with Crippen molar-refractivity contribution < 1.29 is 19.1 Å². The number of nitrogens with one attached hydrogen (secondary N) is 1. The lowest BCUT2D eigenvalue weighted by molar-refractivity contribution is -0.130. The number of Topliss-reactive ketones (excluding diaryl/α,β-unsaturated/α-hetero) is 1. The first-order valence-corrected chi connectivity index (χ1v) is 16.0. The molecule has 8 nitrogen and oxygen atoms in total. The molecule has 2 aliphatic heterocycles. The first-order chi connectivity index (χ1) is 20.8. The molecule has 4 heterocycles. The van der Waals surface area contributed by atoms with Crippen LogP contribution in [0, 0.1) is 6.92 Å². The number of ketones is 1. The smallest absolute Gasteiger partial charge is 0.265 e. The summed E-state index contributed by atoms with van der Waals surface area (Å²) in [5, 5.41) is 2.98. The van der Waals surface area contributed by atoms with Gasteiger partial charge in [0.1, 0.15) is 0 Å². The maximum atomic E-state index is 13.8. The average Bonchev–Trinajstić information content (AvgIpc) is 3.43. The van der Waals surface area contributed by atoms with Crippen molar-refractivity contribution in [2.24, 2.45) is 0 Å². The minimum absolute atomic E-state index is 0.0712. The van der Waals surface area contributed by atoms with Crippen LogP contribution in [0.15, 0.2) is 48.7 Å². The SMILES string of the molecule is Cc1cc(NC(=O)C=Cc2cc(C(C)(C)C)sc2C(=O)N2CCCC(=O)C2(C)C)cc(-c2ccc(N3CCOCC3)cn2)c1. The molecule has 0 radical (unpaired) electrons. The van der Waals surface area contributed by atoms with Crippen LogP contribution < -0.4 is 10.2 Å². The molecule has 5 rings (SSSR count). The second kappa shape index (κ2) is 12.7.